The Kier molecular flexibility index (Phi) is 9.33. The Labute approximate surface area is 136 Å². The zero-order chi connectivity index (χ0) is 12.3. The minimum Gasteiger partial charge on any atom is -0.314 e. The van der Waals surface area contributed by atoms with Crippen LogP contribution in [0, 0.1) is 0 Å². The molecule has 2 rings (SSSR count). The average Bonchev–Trinajstić information content (AvgIpc) is 2.35. The second-order valence-electron chi connectivity index (χ2n) is 4.23. The van der Waals surface area contributed by atoms with Gasteiger partial charge in [0.25, 0.3) is 0 Å². The first-order chi connectivity index (χ1) is 8.24. The number of piperazine rings is 1. The van der Waals surface area contributed by atoms with Gasteiger partial charge in [-0.3, -0.25) is 9.88 Å². The number of hydrogen-bond acceptors (Lipinski definition) is 3. The predicted molar refractivity (Wildman–Crippen MR) is 86.2 cm³/mol. The maximum atomic E-state index is 6.23. The van der Waals surface area contributed by atoms with Gasteiger partial charge in [-0.25, -0.2) is 0 Å². The minimum atomic E-state index is 0. The fraction of sp³-hybridized carbons (Fsp3) is 0.583. The molecule has 1 fully saturated rings. The molecule has 110 valence electrons. The predicted octanol–water partition coefficient (Wildman–Crippen LogP) is 3.59. The lowest BCUT2D eigenvalue weighted by molar-refractivity contribution is 0.169. The SMILES string of the molecule is CC[C@H](c1c(Cl)cncc1Cl)N1CCNCC1.Cl.Cl. The van der Waals surface area contributed by atoms with Crippen LogP contribution in [0.25, 0.3) is 0 Å². The van der Waals surface area contributed by atoms with E-state index in [1.807, 2.05) is 0 Å². The van der Waals surface area contributed by atoms with Gasteiger partial charge in [0.1, 0.15) is 0 Å². The van der Waals surface area contributed by atoms with Crippen molar-refractivity contribution in [3.05, 3.63) is 28.0 Å². The van der Waals surface area contributed by atoms with Crippen molar-refractivity contribution in [3.8, 4) is 0 Å². The van der Waals surface area contributed by atoms with Gasteiger partial charge in [-0.1, -0.05) is 30.1 Å². The first-order valence-corrected chi connectivity index (χ1v) is 6.73. The Balaban J connectivity index is 0.00000162. The molecule has 2 heterocycles. The van der Waals surface area contributed by atoms with Crippen LogP contribution in [-0.4, -0.2) is 36.1 Å². The lowest BCUT2D eigenvalue weighted by atomic mass is 10.0. The second-order valence-corrected chi connectivity index (χ2v) is 5.04. The molecule has 3 nitrogen and oxygen atoms in total. The highest BCUT2D eigenvalue weighted by atomic mass is 35.5. The van der Waals surface area contributed by atoms with E-state index in [4.69, 9.17) is 23.2 Å². The summed E-state index contributed by atoms with van der Waals surface area (Å²) in [5.74, 6) is 0. The lowest BCUT2D eigenvalue weighted by Gasteiger charge is -2.35. The third-order valence-electron chi connectivity index (χ3n) is 3.20. The molecular formula is C12H19Cl4N3. The van der Waals surface area contributed by atoms with Gasteiger partial charge in [-0.05, 0) is 6.42 Å². The Morgan fingerprint density at radius 3 is 2.21 bits per heavy atom. The lowest BCUT2D eigenvalue weighted by Crippen LogP contribution is -2.45. The zero-order valence-corrected chi connectivity index (χ0v) is 13.9. The van der Waals surface area contributed by atoms with Crippen LogP contribution < -0.4 is 5.32 Å². The summed E-state index contributed by atoms with van der Waals surface area (Å²) in [5, 5.41) is 4.69. The van der Waals surface area contributed by atoms with Crippen LogP contribution in [0.3, 0.4) is 0 Å². The Morgan fingerprint density at radius 2 is 1.74 bits per heavy atom. The van der Waals surface area contributed by atoms with E-state index in [0.29, 0.717) is 16.1 Å². The molecule has 0 aromatic carbocycles. The molecular weight excluding hydrogens is 328 g/mol. The molecule has 0 bridgehead atoms. The largest absolute Gasteiger partial charge is 0.314 e. The number of aromatic nitrogens is 1. The monoisotopic (exact) mass is 345 g/mol. The van der Waals surface area contributed by atoms with E-state index < -0.39 is 0 Å². The van der Waals surface area contributed by atoms with Gasteiger partial charge in [-0.15, -0.1) is 24.8 Å². The molecule has 0 radical (unpaired) electrons. The van der Waals surface area contributed by atoms with Crippen molar-refractivity contribution in [1.29, 1.82) is 0 Å². The average molecular weight is 347 g/mol. The molecule has 1 N–H and O–H groups in total. The Hall–Kier alpha value is 0.230. The number of nitrogens with zero attached hydrogens (tertiary/aromatic N) is 2. The highest BCUT2D eigenvalue weighted by Gasteiger charge is 2.24. The maximum Gasteiger partial charge on any atom is 0.0652 e. The van der Waals surface area contributed by atoms with Crippen molar-refractivity contribution in [1.82, 2.24) is 15.2 Å². The van der Waals surface area contributed by atoms with Gasteiger partial charge < -0.3 is 5.32 Å². The van der Waals surface area contributed by atoms with Gasteiger partial charge in [0.15, 0.2) is 0 Å². The summed E-state index contributed by atoms with van der Waals surface area (Å²) in [7, 11) is 0. The number of nitrogens with one attached hydrogen (secondary N) is 1. The molecule has 0 amide bonds. The van der Waals surface area contributed by atoms with E-state index in [1.54, 1.807) is 12.4 Å². The summed E-state index contributed by atoms with van der Waals surface area (Å²) in [6.07, 6.45) is 4.35. The van der Waals surface area contributed by atoms with Crippen LogP contribution in [-0.2, 0) is 0 Å². The number of hydrogen-bond donors (Lipinski definition) is 1. The summed E-state index contributed by atoms with van der Waals surface area (Å²) in [6.45, 7) is 6.29. The Bertz CT molecular complexity index is 363. The molecule has 1 aromatic rings. The van der Waals surface area contributed by atoms with Crippen LogP contribution in [0.15, 0.2) is 12.4 Å². The van der Waals surface area contributed by atoms with Crippen molar-refractivity contribution in [2.45, 2.75) is 19.4 Å². The van der Waals surface area contributed by atoms with E-state index in [-0.39, 0.29) is 24.8 Å². The van der Waals surface area contributed by atoms with Crippen LogP contribution in [0.5, 0.6) is 0 Å². The van der Waals surface area contributed by atoms with Crippen LogP contribution in [0.1, 0.15) is 24.9 Å². The minimum absolute atomic E-state index is 0. The fourth-order valence-corrected chi connectivity index (χ4v) is 2.99. The molecule has 0 aliphatic carbocycles. The van der Waals surface area contributed by atoms with E-state index >= 15 is 0 Å². The fourth-order valence-electron chi connectivity index (χ4n) is 2.38. The highest BCUT2D eigenvalue weighted by molar-refractivity contribution is 6.35. The normalized spacial score (nSPS) is 17.2. The van der Waals surface area contributed by atoms with Crippen molar-refractivity contribution < 1.29 is 0 Å². The maximum absolute atomic E-state index is 6.23. The molecule has 1 saturated heterocycles. The van der Waals surface area contributed by atoms with Crippen molar-refractivity contribution in [2.24, 2.45) is 0 Å². The van der Waals surface area contributed by atoms with Gasteiger partial charge in [0.05, 0.1) is 10.0 Å². The van der Waals surface area contributed by atoms with E-state index in [2.05, 4.69) is 22.1 Å². The van der Waals surface area contributed by atoms with Gasteiger partial charge in [0, 0.05) is 50.2 Å². The molecule has 1 aliphatic rings. The summed E-state index contributed by atoms with van der Waals surface area (Å²) >= 11 is 12.5. The van der Waals surface area contributed by atoms with Crippen LogP contribution >= 0.6 is 48.0 Å². The summed E-state index contributed by atoms with van der Waals surface area (Å²) < 4.78 is 0. The van der Waals surface area contributed by atoms with Gasteiger partial charge >= 0.3 is 0 Å². The first kappa shape index (κ1) is 19.2. The topological polar surface area (TPSA) is 28.2 Å². The molecule has 7 heteroatoms. The Morgan fingerprint density at radius 1 is 1.21 bits per heavy atom. The third-order valence-corrected chi connectivity index (χ3v) is 3.81. The van der Waals surface area contributed by atoms with E-state index in [9.17, 15) is 0 Å². The number of pyridine rings is 1. The van der Waals surface area contributed by atoms with Crippen molar-refractivity contribution >= 4 is 48.0 Å². The molecule has 0 saturated carbocycles. The standard InChI is InChI=1S/C12H17Cl2N3.2ClH/c1-2-11(17-5-3-15-4-6-17)12-9(13)7-16-8-10(12)14;;/h7-8,11,15H,2-6H2,1H3;2*1H/t11-;;/m1../s1. The number of halogens is 4. The van der Waals surface area contributed by atoms with Crippen molar-refractivity contribution in [3.63, 3.8) is 0 Å². The van der Waals surface area contributed by atoms with Crippen LogP contribution in [0.2, 0.25) is 10.0 Å². The summed E-state index contributed by atoms with van der Waals surface area (Å²) in [4.78, 5) is 6.45. The second kappa shape index (κ2) is 9.22. The van der Waals surface area contributed by atoms with Gasteiger partial charge in [-0.2, -0.15) is 0 Å². The quantitative estimate of drug-likeness (QED) is 0.906. The molecule has 0 unspecified atom stereocenters. The molecule has 19 heavy (non-hydrogen) atoms. The van der Waals surface area contributed by atoms with Crippen LogP contribution in [0.4, 0.5) is 0 Å². The number of rotatable bonds is 3. The first-order valence-electron chi connectivity index (χ1n) is 5.97. The molecule has 1 aliphatic heterocycles. The highest BCUT2D eigenvalue weighted by Crippen LogP contribution is 2.34. The zero-order valence-electron chi connectivity index (χ0n) is 10.7. The van der Waals surface area contributed by atoms with E-state index in [0.717, 1.165) is 38.2 Å². The molecule has 1 aromatic heterocycles. The molecule has 0 spiro atoms. The van der Waals surface area contributed by atoms with Gasteiger partial charge in [0.2, 0.25) is 0 Å². The summed E-state index contributed by atoms with van der Waals surface area (Å²) in [5.41, 5.74) is 1.02. The summed E-state index contributed by atoms with van der Waals surface area (Å²) in [6, 6.07) is 0.292. The smallest absolute Gasteiger partial charge is 0.0652 e. The van der Waals surface area contributed by atoms with Crippen molar-refractivity contribution in [2.75, 3.05) is 26.2 Å². The molecule has 1 atom stereocenters. The van der Waals surface area contributed by atoms with E-state index in [1.165, 1.54) is 0 Å². The third kappa shape index (κ3) is 4.62.